The summed E-state index contributed by atoms with van der Waals surface area (Å²) in [5.41, 5.74) is 11.9. The highest BCUT2D eigenvalue weighted by Crippen LogP contribution is 2.27. The lowest BCUT2D eigenvalue weighted by Gasteiger charge is -2.07. The van der Waals surface area contributed by atoms with Crippen molar-refractivity contribution < 1.29 is 14.2 Å². The Morgan fingerprint density at radius 1 is 1.29 bits per heavy atom. The van der Waals surface area contributed by atoms with Crippen LogP contribution in [-0.4, -0.2) is 54.1 Å². The molecule has 0 aliphatic carbocycles. The van der Waals surface area contributed by atoms with E-state index in [2.05, 4.69) is 36.1 Å². The molecule has 4 aromatic rings. The number of rotatable bonds is 9. The van der Waals surface area contributed by atoms with E-state index in [1.165, 1.54) is 28.2 Å². The van der Waals surface area contributed by atoms with Crippen molar-refractivity contribution >= 4 is 45.8 Å². The van der Waals surface area contributed by atoms with Crippen LogP contribution in [0.15, 0.2) is 63.3 Å². The number of benzene rings is 2. The van der Waals surface area contributed by atoms with Crippen molar-refractivity contribution in [2.24, 2.45) is 10.1 Å². The minimum atomic E-state index is -0.536. The number of aryl methyl sites for hydroxylation is 1. The Labute approximate surface area is 226 Å². The molecule has 0 radical (unpaired) electrons. The van der Waals surface area contributed by atoms with Crippen molar-refractivity contribution in [1.82, 2.24) is 30.7 Å². The fourth-order valence-corrected chi connectivity index (χ4v) is 5.40. The summed E-state index contributed by atoms with van der Waals surface area (Å²) in [7, 11) is 0. The van der Waals surface area contributed by atoms with Crippen LogP contribution in [0.3, 0.4) is 0 Å². The first-order chi connectivity index (χ1) is 18.6. The molecule has 0 bridgehead atoms. The number of anilines is 1. The van der Waals surface area contributed by atoms with E-state index < -0.39 is 5.91 Å². The Hall–Kier alpha value is -4.17. The van der Waals surface area contributed by atoms with Crippen molar-refractivity contribution in [1.29, 1.82) is 0 Å². The number of nitrogens with two attached hydrogens (primary N) is 1. The first kappa shape index (κ1) is 25.5. The van der Waals surface area contributed by atoms with Crippen LogP contribution in [-0.2, 0) is 12.4 Å². The van der Waals surface area contributed by atoms with Gasteiger partial charge in [0.1, 0.15) is 16.7 Å². The van der Waals surface area contributed by atoms with Gasteiger partial charge in [-0.15, -0.1) is 5.10 Å². The summed E-state index contributed by atoms with van der Waals surface area (Å²) >= 11 is 3.13. The molecule has 38 heavy (non-hydrogen) atoms. The van der Waals surface area contributed by atoms with Crippen LogP contribution < -0.4 is 15.9 Å². The van der Waals surface area contributed by atoms with Gasteiger partial charge in [-0.1, -0.05) is 70.7 Å². The van der Waals surface area contributed by atoms with E-state index in [4.69, 9.17) is 15.1 Å². The molecule has 3 heterocycles. The molecule has 1 aliphatic heterocycles. The summed E-state index contributed by atoms with van der Waals surface area (Å²) in [6, 6.07) is 15.6. The number of hydrogen-bond acceptors (Lipinski definition) is 12. The minimum absolute atomic E-state index is 0.0307. The molecule has 0 unspecified atom stereocenters. The van der Waals surface area contributed by atoms with E-state index in [1.807, 2.05) is 55.5 Å². The molecule has 0 atom stereocenters. The number of nitrogen functional groups attached to an aromatic ring is 1. The van der Waals surface area contributed by atoms with E-state index in [9.17, 15) is 4.79 Å². The summed E-state index contributed by atoms with van der Waals surface area (Å²) in [5.74, 6) is 1.63. The number of aliphatic imine (C=N–C) groups is 1. The number of ether oxygens (including phenoxy) is 1. The molecule has 194 valence electrons. The fraction of sp³-hybridized carbons (Fsp3) is 0.208. The molecule has 2 aromatic heterocycles. The molecule has 0 fully saturated rings. The molecule has 14 heteroatoms. The highest BCUT2D eigenvalue weighted by molar-refractivity contribution is 8.38. The molecular weight excluding hydrogens is 526 g/mol. The quantitative estimate of drug-likeness (QED) is 0.234. The number of nitrogens with one attached hydrogen (secondary N) is 1. The van der Waals surface area contributed by atoms with Gasteiger partial charge in [-0.05, 0) is 40.5 Å². The van der Waals surface area contributed by atoms with Crippen LogP contribution in [0.25, 0.3) is 5.82 Å². The second-order valence-corrected chi connectivity index (χ2v) is 10.4. The van der Waals surface area contributed by atoms with Gasteiger partial charge in [0.2, 0.25) is 11.6 Å². The molecule has 12 nitrogen and oxygen atoms in total. The predicted molar refractivity (Wildman–Crippen MR) is 147 cm³/mol. The number of amides is 1. The molecule has 0 saturated carbocycles. The van der Waals surface area contributed by atoms with Gasteiger partial charge in [0.05, 0.1) is 18.5 Å². The van der Waals surface area contributed by atoms with E-state index in [1.54, 1.807) is 11.8 Å². The summed E-state index contributed by atoms with van der Waals surface area (Å²) in [6.45, 7) is 3.26. The minimum Gasteiger partial charge on any atom is -0.489 e. The van der Waals surface area contributed by atoms with Crippen molar-refractivity contribution in [3.63, 3.8) is 0 Å². The topological polar surface area (TPSA) is 159 Å². The van der Waals surface area contributed by atoms with Gasteiger partial charge in [-0.3, -0.25) is 9.79 Å². The van der Waals surface area contributed by atoms with Crippen molar-refractivity contribution in [3.8, 4) is 11.6 Å². The van der Waals surface area contributed by atoms with Gasteiger partial charge in [-0.2, -0.15) is 9.78 Å². The van der Waals surface area contributed by atoms with Crippen molar-refractivity contribution in [3.05, 3.63) is 76.6 Å². The van der Waals surface area contributed by atoms with Crippen LogP contribution in [0.2, 0.25) is 0 Å². The van der Waals surface area contributed by atoms with Crippen LogP contribution in [0.5, 0.6) is 5.75 Å². The predicted octanol–water partition coefficient (Wildman–Crippen LogP) is 3.22. The smallest absolute Gasteiger partial charge is 0.293 e. The zero-order valence-corrected chi connectivity index (χ0v) is 21.9. The number of nitrogens with zero attached hydrogens (tertiary/aromatic N) is 7. The van der Waals surface area contributed by atoms with Crippen LogP contribution in [0.4, 0.5) is 5.82 Å². The lowest BCUT2D eigenvalue weighted by Crippen LogP contribution is -2.20. The third-order valence-electron chi connectivity index (χ3n) is 5.33. The first-order valence-corrected chi connectivity index (χ1v) is 13.5. The van der Waals surface area contributed by atoms with Crippen molar-refractivity contribution in [2.45, 2.75) is 19.3 Å². The van der Waals surface area contributed by atoms with Gasteiger partial charge >= 0.3 is 0 Å². The molecule has 1 aliphatic rings. The second-order valence-electron chi connectivity index (χ2n) is 8.10. The van der Waals surface area contributed by atoms with E-state index in [0.29, 0.717) is 23.8 Å². The largest absolute Gasteiger partial charge is 0.489 e. The normalized spacial score (nSPS) is 13.1. The lowest BCUT2D eigenvalue weighted by molar-refractivity contribution is 0.0949. The summed E-state index contributed by atoms with van der Waals surface area (Å²) in [4.78, 5) is 17.4. The molecular formula is C24H23N9O3S2. The highest BCUT2D eigenvalue weighted by Gasteiger charge is 2.24. The Balaban J connectivity index is 1.26. The van der Waals surface area contributed by atoms with Gasteiger partial charge < -0.3 is 10.5 Å². The average Bonchev–Trinajstić information content (AvgIpc) is 3.68. The molecule has 5 rings (SSSR count). The molecule has 0 spiro atoms. The first-order valence-electron chi connectivity index (χ1n) is 11.5. The standard InChI is InChI=1S/C24H23N9O3S2/c1-15-5-7-16(8-6-15)13-35-18-4-2-3-17(11-18)12-27-29-23(34)20-19(14-38-24-26-9-10-37-24)33(32-28-20)22-21(25)30-36-31-22/h2-8,11-12H,9-10,13-14H2,1H3,(H2,25,30)(H,29,34)/b27-12+. The number of carbonyl (C=O) groups is 1. The zero-order chi connectivity index (χ0) is 26.3. The molecule has 2 aromatic carbocycles. The molecule has 1 amide bonds. The van der Waals surface area contributed by atoms with E-state index in [0.717, 1.165) is 27.8 Å². The Morgan fingerprint density at radius 2 is 2.16 bits per heavy atom. The highest BCUT2D eigenvalue weighted by atomic mass is 32.2. The van der Waals surface area contributed by atoms with E-state index in [-0.39, 0.29) is 17.3 Å². The van der Waals surface area contributed by atoms with Crippen molar-refractivity contribution in [2.75, 3.05) is 18.0 Å². The second kappa shape index (κ2) is 11.9. The fourth-order valence-electron chi connectivity index (χ4n) is 3.40. The van der Waals surface area contributed by atoms with Gasteiger partial charge in [-0.25, -0.2) is 10.1 Å². The summed E-state index contributed by atoms with van der Waals surface area (Å²) < 4.78 is 12.8. The van der Waals surface area contributed by atoms with Crippen LogP contribution in [0, 0.1) is 6.92 Å². The summed E-state index contributed by atoms with van der Waals surface area (Å²) in [5, 5.41) is 19.5. The van der Waals surface area contributed by atoms with E-state index >= 15 is 0 Å². The van der Waals surface area contributed by atoms with Crippen LogP contribution in [0.1, 0.15) is 32.9 Å². The average molecular weight is 550 g/mol. The maximum atomic E-state index is 13.0. The lowest BCUT2D eigenvalue weighted by atomic mass is 10.2. The third-order valence-corrected chi connectivity index (χ3v) is 7.59. The zero-order valence-electron chi connectivity index (χ0n) is 20.3. The number of carbonyl (C=O) groups excluding carboxylic acids is 1. The van der Waals surface area contributed by atoms with Gasteiger partial charge in [0, 0.05) is 11.5 Å². The Bertz CT molecular complexity index is 1480. The Morgan fingerprint density at radius 3 is 2.92 bits per heavy atom. The number of thioether (sulfide) groups is 2. The molecule has 3 N–H and O–H groups in total. The van der Waals surface area contributed by atoms with Gasteiger partial charge in [0.25, 0.3) is 5.91 Å². The maximum absolute atomic E-state index is 13.0. The van der Waals surface area contributed by atoms with Crippen LogP contribution >= 0.6 is 23.5 Å². The number of aromatic nitrogens is 5. The van der Waals surface area contributed by atoms with Gasteiger partial charge in [0.15, 0.2) is 5.69 Å². The third kappa shape index (κ3) is 6.20. The monoisotopic (exact) mass is 549 g/mol. The molecule has 0 saturated heterocycles. The number of hydrazone groups is 1. The number of hydrogen-bond donors (Lipinski definition) is 2. The SMILES string of the molecule is Cc1ccc(COc2cccc(/C=N/NC(=O)c3nnn(-c4nonc4N)c3CSC3=NCCS3)c2)cc1. The summed E-state index contributed by atoms with van der Waals surface area (Å²) in [6.07, 6.45) is 1.53. The Kier molecular flexibility index (Phi) is 7.99. The maximum Gasteiger partial charge on any atom is 0.293 e.